The molecule has 5 heteroatoms. The van der Waals surface area contributed by atoms with E-state index in [4.69, 9.17) is 0 Å². The summed E-state index contributed by atoms with van der Waals surface area (Å²) in [7, 11) is 2.02. The molecule has 0 radical (unpaired) electrons. The molecule has 1 atom stereocenters. The lowest BCUT2D eigenvalue weighted by Gasteiger charge is -2.32. The van der Waals surface area contributed by atoms with E-state index in [9.17, 15) is 0 Å². The van der Waals surface area contributed by atoms with Crippen LogP contribution in [-0.2, 0) is 0 Å². The lowest BCUT2D eigenvalue weighted by atomic mass is 10.1. The molecule has 0 amide bonds. The van der Waals surface area contributed by atoms with Crippen LogP contribution < -0.4 is 10.2 Å². The van der Waals surface area contributed by atoms with Gasteiger partial charge < -0.3 is 10.2 Å². The molecule has 104 valence electrons. The fourth-order valence-electron chi connectivity index (χ4n) is 2.57. The Labute approximate surface area is 119 Å². The van der Waals surface area contributed by atoms with E-state index in [0.29, 0.717) is 6.04 Å². The van der Waals surface area contributed by atoms with E-state index in [1.165, 1.54) is 12.8 Å². The van der Waals surface area contributed by atoms with Crippen molar-refractivity contribution in [2.24, 2.45) is 0 Å². The Kier molecular flexibility index (Phi) is 3.87. The minimum Gasteiger partial charge on any atom is -0.339 e. The summed E-state index contributed by atoms with van der Waals surface area (Å²) in [6, 6.07) is 4.47. The van der Waals surface area contributed by atoms with Crippen LogP contribution >= 0.6 is 0 Å². The van der Waals surface area contributed by atoms with Crippen LogP contribution in [0.25, 0.3) is 11.1 Å². The zero-order valence-corrected chi connectivity index (χ0v) is 11.7. The molecule has 0 spiro atoms. The van der Waals surface area contributed by atoms with Gasteiger partial charge in [0.25, 0.3) is 0 Å². The second kappa shape index (κ2) is 5.96. The Balaban J connectivity index is 1.76. The van der Waals surface area contributed by atoms with E-state index >= 15 is 0 Å². The highest BCUT2D eigenvalue weighted by molar-refractivity contribution is 5.61. The largest absolute Gasteiger partial charge is 0.339 e. The molecule has 20 heavy (non-hydrogen) atoms. The normalized spacial score (nSPS) is 19.1. The third kappa shape index (κ3) is 2.77. The van der Waals surface area contributed by atoms with E-state index < -0.39 is 0 Å². The van der Waals surface area contributed by atoms with Crippen LogP contribution in [0.2, 0.25) is 0 Å². The number of nitrogens with one attached hydrogen (secondary N) is 1. The standard InChI is InChI=1S/C15H19N5/c1-16-14-3-2-8-20(11-14)15-18-9-13(10-19-15)12-4-6-17-7-5-12/h4-7,9-10,14,16H,2-3,8,11H2,1H3. The van der Waals surface area contributed by atoms with Gasteiger partial charge in [0, 0.05) is 49.5 Å². The molecule has 0 bridgehead atoms. The van der Waals surface area contributed by atoms with Gasteiger partial charge in [-0.05, 0) is 37.6 Å². The lowest BCUT2D eigenvalue weighted by molar-refractivity contribution is 0.445. The van der Waals surface area contributed by atoms with Crippen molar-refractivity contribution in [1.29, 1.82) is 0 Å². The summed E-state index contributed by atoms with van der Waals surface area (Å²) in [4.78, 5) is 15.3. The van der Waals surface area contributed by atoms with Gasteiger partial charge in [-0.1, -0.05) is 0 Å². The molecule has 3 rings (SSSR count). The molecule has 5 nitrogen and oxygen atoms in total. The molecule has 1 N–H and O–H groups in total. The maximum atomic E-state index is 4.51. The van der Waals surface area contributed by atoms with Gasteiger partial charge >= 0.3 is 0 Å². The molecule has 1 saturated heterocycles. The molecule has 2 aromatic rings. The van der Waals surface area contributed by atoms with E-state index in [-0.39, 0.29) is 0 Å². The Morgan fingerprint density at radius 3 is 2.60 bits per heavy atom. The molecule has 1 unspecified atom stereocenters. The number of piperidine rings is 1. The van der Waals surface area contributed by atoms with Crippen LogP contribution in [0.3, 0.4) is 0 Å². The molecule has 0 aromatic carbocycles. The highest BCUT2D eigenvalue weighted by Crippen LogP contribution is 2.20. The van der Waals surface area contributed by atoms with Crippen molar-refractivity contribution < 1.29 is 0 Å². The van der Waals surface area contributed by atoms with E-state index in [1.807, 2.05) is 31.6 Å². The Hall–Kier alpha value is -2.01. The first-order valence-corrected chi connectivity index (χ1v) is 7.01. The summed E-state index contributed by atoms with van der Waals surface area (Å²) >= 11 is 0. The average Bonchev–Trinajstić information content (AvgIpc) is 2.56. The molecule has 0 saturated carbocycles. The SMILES string of the molecule is CNC1CCCN(c2ncc(-c3ccncc3)cn2)C1. The maximum absolute atomic E-state index is 4.51. The van der Waals surface area contributed by atoms with Crippen molar-refractivity contribution in [3.8, 4) is 11.1 Å². The maximum Gasteiger partial charge on any atom is 0.225 e. The molecule has 0 aliphatic carbocycles. The number of anilines is 1. The first-order chi connectivity index (χ1) is 9.86. The zero-order chi connectivity index (χ0) is 13.8. The third-order valence-electron chi connectivity index (χ3n) is 3.76. The number of aromatic nitrogens is 3. The van der Waals surface area contributed by atoms with Crippen molar-refractivity contribution in [3.05, 3.63) is 36.9 Å². The molecular weight excluding hydrogens is 250 g/mol. The molecule has 1 aliphatic rings. The highest BCUT2D eigenvalue weighted by Gasteiger charge is 2.20. The number of hydrogen-bond acceptors (Lipinski definition) is 5. The van der Waals surface area contributed by atoms with Crippen LogP contribution in [0.5, 0.6) is 0 Å². The van der Waals surface area contributed by atoms with Gasteiger partial charge in [0.1, 0.15) is 0 Å². The minimum atomic E-state index is 0.534. The monoisotopic (exact) mass is 269 g/mol. The molecular formula is C15H19N5. The lowest BCUT2D eigenvalue weighted by Crippen LogP contribution is -2.45. The third-order valence-corrected chi connectivity index (χ3v) is 3.76. The van der Waals surface area contributed by atoms with Gasteiger partial charge in [0.2, 0.25) is 5.95 Å². The first-order valence-electron chi connectivity index (χ1n) is 7.01. The highest BCUT2D eigenvalue weighted by atomic mass is 15.3. The summed E-state index contributed by atoms with van der Waals surface area (Å²) in [6.45, 7) is 2.01. The average molecular weight is 269 g/mol. The summed E-state index contributed by atoms with van der Waals surface area (Å²) < 4.78 is 0. The number of nitrogens with zero attached hydrogens (tertiary/aromatic N) is 4. The fourth-order valence-corrected chi connectivity index (χ4v) is 2.57. The quantitative estimate of drug-likeness (QED) is 0.919. The number of pyridine rings is 1. The van der Waals surface area contributed by atoms with Gasteiger partial charge in [-0.25, -0.2) is 9.97 Å². The molecule has 1 aliphatic heterocycles. The van der Waals surface area contributed by atoms with Crippen LogP contribution in [0, 0.1) is 0 Å². The van der Waals surface area contributed by atoms with E-state index in [2.05, 4.69) is 25.2 Å². The smallest absolute Gasteiger partial charge is 0.225 e. The summed E-state index contributed by atoms with van der Waals surface area (Å²) in [5.74, 6) is 0.822. The van der Waals surface area contributed by atoms with Crippen LogP contribution in [0.15, 0.2) is 36.9 Å². The van der Waals surface area contributed by atoms with E-state index in [0.717, 1.165) is 30.2 Å². The predicted molar refractivity (Wildman–Crippen MR) is 79.6 cm³/mol. The summed E-state index contributed by atoms with van der Waals surface area (Å²) in [5, 5.41) is 3.34. The van der Waals surface area contributed by atoms with Crippen LogP contribution in [0.1, 0.15) is 12.8 Å². The van der Waals surface area contributed by atoms with Gasteiger partial charge in [0.05, 0.1) is 0 Å². The van der Waals surface area contributed by atoms with Crippen molar-refractivity contribution in [2.75, 3.05) is 25.0 Å². The topological polar surface area (TPSA) is 53.9 Å². The number of rotatable bonds is 3. The number of hydrogen-bond donors (Lipinski definition) is 1. The number of likely N-dealkylation sites (N-methyl/N-ethyl adjacent to an activating group) is 1. The first kappa shape index (κ1) is 13.0. The van der Waals surface area contributed by atoms with Gasteiger partial charge in [-0.15, -0.1) is 0 Å². The van der Waals surface area contributed by atoms with E-state index in [1.54, 1.807) is 12.4 Å². The second-order valence-electron chi connectivity index (χ2n) is 5.08. The minimum absolute atomic E-state index is 0.534. The fraction of sp³-hybridized carbons (Fsp3) is 0.400. The zero-order valence-electron chi connectivity index (χ0n) is 11.7. The van der Waals surface area contributed by atoms with Crippen LogP contribution in [0.4, 0.5) is 5.95 Å². The Bertz CT molecular complexity index is 540. The van der Waals surface area contributed by atoms with Crippen molar-refractivity contribution >= 4 is 5.95 Å². The Morgan fingerprint density at radius 1 is 1.15 bits per heavy atom. The van der Waals surface area contributed by atoms with Crippen molar-refractivity contribution in [3.63, 3.8) is 0 Å². The van der Waals surface area contributed by atoms with Crippen molar-refractivity contribution in [1.82, 2.24) is 20.3 Å². The second-order valence-corrected chi connectivity index (χ2v) is 5.08. The predicted octanol–water partition coefficient (Wildman–Crippen LogP) is 1.73. The van der Waals surface area contributed by atoms with Gasteiger partial charge in [-0.3, -0.25) is 4.98 Å². The Morgan fingerprint density at radius 2 is 1.90 bits per heavy atom. The summed E-state index contributed by atoms with van der Waals surface area (Å²) in [5.41, 5.74) is 2.12. The van der Waals surface area contributed by atoms with Gasteiger partial charge in [0.15, 0.2) is 0 Å². The summed E-state index contributed by atoms with van der Waals surface area (Å²) in [6.07, 6.45) is 9.75. The van der Waals surface area contributed by atoms with Crippen LogP contribution in [-0.4, -0.2) is 41.1 Å². The van der Waals surface area contributed by atoms with Crippen molar-refractivity contribution in [2.45, 2.75) is 18.9 Å². The molecule has 2 aromatic heterocycles. The molecule has 3 heterocycles. The van der Waals surface area contributed by atoms with Gasteiger partial charge in [-0.2, -0.15) is 0 Å². The molecule has 1 fully saturated rings.